The number of anilines is 2. The first-order chi connectivity index (χ1) is 16.6. The number of urea groups is 1. The molecule has 0 saturated heterocycles. The van der Waals surface area contributed by atoms with Crippen molar-refractivity contribution in [3.8, 4) is 11.4 Å². The fourth-order valence-electron chi connectivity index (χ4n) is 3.50. The van der Waals surface area contributed by atoms with Crippen LogP contribution in [-0.4, -0.2) is 46.8 Å². The lowest BCUT2D eigenvalue weighted by Gasteiger charge is -2.24. The van der Waals surface area contributed by atoms with Gasteiger partial charge < -0.3 is 20.3 Å². The molecule has 8 nitrogen and oxygen atoms in total. The summed E-state index contributed by atoms with van der Waals surface area (Å²) in [5.41, 5.74) is 2.09. The first kappa shape index (κ1) is 25.8. The molecule has 35 heavy (non-hydrogen) atoms. The summed E-state index contributed by atoms with van der Waals surface area (Å²) < 4.78 is 6.96. The quantitative estimate of drug-likeness (QED) is 0.460. The molecule has 0 radical (unpaired) electrons. The summed E-state index contributed by atoms with van der Waals surface area (Å²) in [6.07, 6.45) is 0. The number of hydrogen-bond acceptors (Lipinski definition) is 4. The summed E-state index contributed by atoms with van der Waals surface area (Å²) in [5.74, 6) is 1.17. The van der Waals surface area contributed by atoms with Crippen LogP contribution in [0.2, 0.25) is 0 Å². The minimum atomic E-state index is -0.320. The Morgan fingerprint density at radius 2 is 1.69 bits per heavy atom. The average Bonchev–Trinajstić information content (AvgIpc) is 3.23. The maximum atomic E-state index is 13.1. The molecule has 8 heteroatoms. The van der Waals surface area contributed by atoms with Crippen LogP contribution in [0.1, 0.15) is 40.3 Å². The van der Waals surface area contributed by atoms with E-state index in [0.29, 0.717) is 18.1 Å². The van der Waals surface area contributed by atoms with E-state index in [4.69, 9.17) is 9.84 Å². The second-order valence-electron chi connectivity index (χ2n) is 9.89. The van der Waals surface area contributed by atoms with Gasteiger partial charge in [-0.2, -0.15) is 5.10 Å². The number of rotatable bonds is 8. The first-order valence-electron chi connectivity index (χ1n) is 11.7. The van der Waals surface area contributed by atoms with E-state index >= 15 is 0 Å². The Morgan fingerprint density at radius 3 is 2.26 bits per heavy atom. The summed E-state index contributed by atoms with van der Waals surface area (Å²) in [7, 11) is 1.61. The Balaban J connectivity index is 1.82. The van der Waals surface area contributed by atoms with Crippen LogP contribution < -0.4 is 15.4 Å². The number of nitrogens with zero attached hydrogens (tertiary/aromatic N) is 3. The van der Waals surface area contributed by atoms with Crippen LogP contribution in [0.25, 0.3) is 5.69 Å². The zero-order valence-electron chi connectivity index (χ0n) is 21.3. The van der Waals surface area contributed by atoms with Crippen molar-refractivity contribution in [3.05, 3.63) is 66.4 Å². The van der Waals surface area contributed by atoms with Crippen LogP contribution in [-0.2, 0) is 10.2 Å². The zero-order valence-corrected chi connectivity index (χ0v) is 21.3. The normalized spacial score (nSPS) is 11.3. The highest BCUT2D eigenvalue weighted by Gasteiger charge is 2.23. The van der Waals surface area contributed by atoms with Gasteiger partial charge in [0, 0.05) is 23.7 Å². The molecule has 0 unspecified atom stereocenters. The lowest BCUT2D eigenvalue weighted by molar-refractivity contribution is -0.116. The fraction of sp³-hybridized carbons (Fsp3) is 0.370. The zero-order chi connectivity index (χ0) is 25.6. The number of aromatic nitrogens is 2. The lowest BCUT2D eigenvalue weighted by Crippen LogP contribution is -2.42. The monoisotopic (exact) mass is 477 g/mol. The van der Waals surface area contributed by atoms with Gasteiger partial charge in [0.2, 0.25) is 5.91 Å². The van der Waals surface area contributed by atoms with E-state index in [1.165, 1.54) is 4.90 Å². The topological polar surface area (TPSA) is 88.5 Å². The minimum absolute atomic E-state index is 0.0878. The van der Waals surface area contributed by atoms with Crippen LogP contribution in [0.4, 0.5) is 16.3 Å². The van der Waals surface area contributed by atoms with Crippen molar-refractivity contribution in [2.45, 2.75) is 40.0 Å². The van der Waals surface area contributed by atoms with E-state index in [1.807, 2.05) is 74.5 Å². The molecule has 3 amide bonds. The van der Waals surface area contributed by atoms with Crippen LogP contribution in [0.5, 0.6) is 5.75 Å². The average molecular weight is 478 g/mol. The van der Waals surface area contributed by atoms with Crippen LogP contribution in [0.3, 0.4) is 0 Å². The minimum Gasteiger partial charge on any atom is -0.497 e. The Hall–Kier alpha value is -3.81. The number of carbonyl (C=O) groups excluding carboxylic acids is 2. The van der Waals surface area contributed by atoms with E-state index < -0.39 is 0 Å². The van der Waals surface area contributed by atoms with Gasteiger partial charge in [0.15, 0.2) is 0 Å². The molecule has 3 aromatic rings. The maximum absolute atomic E-state index is 13.1. The van der Waals surface area contributed by atoms with Gasteiger partial charge in [0.25, 0.3) is 0 Å². The molecule has 0 atom stereocenters. The number of amides is 3. The molecule has 0 aliphatic rings. The molecule has 0 aliphatic heterocycles. The third-order valence-corrected chi connectivity index (χ3v) is 5.29. The molecule has 2 N–H and O–H groups in total. The fourth-order valence-corrected chi connectivity index (χ4v) is 3.50. The van der Waals surface area contributed by atoms with E-state index in [1.54, 1.807) is 11.8 Å². The lowest BCUT2D eigenvalue weighted by atomic mass is 9.92. The largest absolute Gasteiger partial charge is 0.497 e. The molecule has 0 bridgehead atoms. The van der Waals surface area contributed by atoms with E-state index in [9.17, 15) is 9.59 Å². The summed E-state index contributed by atoms with van der Waals surface area (Å²) >= 11 is 0. The van der Waals surface area contributed by atoms with Crippen molar-refractivity contribution < 1.29 is 14.3 Å². The molecule has 3 rings (SSSR count). The molecule has 0 saturated carbocycles. The van der Waals surface area contributed by atoms with Gasteiger partial charge in [-0.3, -0.25) is 4.79 Å². The third kappa shape index (κ3) is 7.09. The number of nitrogens with one attached hydrogen (secondary N) is 2. The number of carbonyl (C=O) groups is 2. The van der Waals surface area contributed by atoms with Crippen molar-refractivity contribution in [2.75, 3.05) is 30.8 Å². The molecule has 0 spiro atoms. The standard InChI is InChI=1S/C27H35N5O3/c1-19(2)17-31(26(34)28-20-10-8-7-9-11-20)18-25(33)29-24-16-23(27(3,4)5)30-32(24)21-12-14-22(35-6)15-13-21/h7-16,19H,17-18H2,1-6H3,(H,28,34)(H,29,33). The first-order valence-corrected chi connectivity index (χ1v) is 11.7. The van der Waals surface area contributed by atoms with E-state index in [0.717, 1.165) is 17.1 Å². The number of ether oxygens (including phenoxy) is 1. The third-order valence-electron chi connectivity index (χ3n) is 5.29. The van der Waals surface area contributed by atoms with Gasteiger partial charge in [-0.15, -0.1) is 0 Å². The SMILES string of the molecule is COc1ccc(-n2nc(C(C)(C)C)cc2NC(=O)CN(CC(C)C)C(=O)Nc2ccccc2)cc1. The second kappa shape index (κ2) is 11.1. The van der Waals surface area contributed by atoms with Gasteiger partial charge in [0.05, 0.1) is 18.5 Å². The Kier molecular flexibility index (Phi) is 8.17. The highest BCUT2D eigenvalue weighted by Crippen LogP contribution is 2.27. The molecular weight excluding hydrogens is 442 g/mol. The highest BCUT2D eigenvalue weighted by atomic mass is 16.5. The Bertz CT molecular complexity index is 1130. The summed E-state index contributed by atoms with van der Waals surface area (Å²) in [6, 6.07) is 18.2. The predicted molar refractivity (Wildman–Crippen MR) is 139 cm³/mol. The van der Waals surface area contributed by atoms with Crippen LogP contribution >= 0.6 is 0 Å². The van der Waals surface area contributed by atoms with Crippen molar-refractivity contribution >= 4 is 23.4 Å². The van der Waals surface area contributed by atoms with Gasteiger partial charge in [-0.05, 0) is 42.3 Å². The van der Waals surface area contributed by atoms with Gasteiger partial charge in [0.1, 0.15) is 18.1 Å². The van der Waals surface area contributed by atoms with Gasteiger partial charge in [-0.25, -0.2) is 9.48 Å². The Labute approximate surface area is 207 Å². The molecule has 0 fully saturated rings. The number of para-hydroxylation sites is 1. The molecule has 1 aromatic heterocycles. The van der Waals surface area contributed by atoms with E-state index in [-0.39, 0.29) is 29.8 Å². The van der Waals surface area contributed by atoms with Crippen molar-refractivity contribution in [1.82, 2.24) is 14.7 Å². The van der Waals surface area contributed by atoms with E-state index in [2.05, 4.69) is 31.4 Å². The second-order valence-corrected chi connectivity index (χ2v) is 9.89. The highest BCUT2D eigenvalue weighted by molar-refractivity contribution is 5.96. The smallest absolute Gasteiger partial charge is 0.322 e. The summed E-state index contributed by atoms with van der Waals surface area (Å²) in [6.45, 7) is 10.6. The maximum Gasteiger partial charge on any atom is 0.322 e. The molecule has 186 valence electrons. The predicted octanol–water partition coefficient (Wildman–Crippen LogP) is 5.31. The molecular formula is C27H35N5O3. The summed E-state index contributed by atoms with van der Waals surface area (Å²) in [4.78, 5) is 27.6. The number of hydrogen-bond donors (Lipinski definition) is 2. The van der Waals surface area contributed by atoms with Crippen LogP contribution in [0, 0.1) is 5.92 Å². The molecule has 1 heterocycles. The summed E-state index contributed by atoms with van der Waals surface area (Å²) in [5, 5.41) is 10.6. The van der Waals surface area contributed by atoms with Crippen molar-refractivity contribution in [3.63, 3.8) is 0 Å². The van der Waals surface area contributed by atoms with Gasteiger partial charge >= 0.3 is 6.03 Å². The van der Waals surface area contributed by atoms with Crippen molar-refractivity contribution in [1.29, 1.82) is 0 Å². The number of methoxy groups -OCH3 is 1. The molecule has 0 aliphatic carbocycles. The van der Waals surface area contributed by atoms with Gasteiger partial charge in [-0.1, -0.05) is 52.8 Å². The van der Waals surface area contributed by atoms with Crippen LogP contribution in [0.15, 0.2) is 60.7 Å². The van der Waals surface area contributed by atoms with Crippen molar-refractivity contribution in [2.24, 2.45) is 5.92 Å². The molecule has 2 aromatic carbocycles. The number of benzene rings is 2. The Morgan fingerprint density at radius 1 is 1.03 bits per heavy atom.